The lowest BCUT2D eigenvalue weighted by atomic mass is 10.1. The number of benzene rings is 2. The number of amides is 3. The van der Waals surface area contributed by atoms with Crippen LogP contribution in [0, 0.1) is 0 Å². The molecule has 152 valence electrons. The Morgan fingerprint density at radius 2 is 1.76 bits per heavy atom. The molecule has 2 N–H and O–H groups in total. The zero-order valence-corrected chi connectivity index (χ0v) is 16.8. The molecule has 0 radical (unpaired) electrons. The highest BCUT2D eigenvalue weighted by Gasteiger charge is 2.33. The lowest BCUT2D eigenvalue weighted by Crippen LogP contribution is -2.24. The number of fused-ring (bicyclic) bond motifs is 1. The molecule has 2 aromatic carbocycles. The molecule has 9 nitrogen and oxygen atoms in total. The lowest BCUT2D eigenvalue weighted by Gasteiger charge is -2.13. The van der Waals surface area contributed by atoms with Crippen LogP contribution >= 0.6 is 0 Å². The number of carbonyl (C=O) groups is 3. The van der Waals surface area contributed by atoms with Crippen molar-refractivity contribution in [2.75, 3.05) is 29.9 Å². The first kappa shape index (κ1) is 20.3. The highest BCUT2D eigenvalue weighted by molar-refractivity contribution is 7.92. The number of methoxy groups -OCH3 is 1. The minimum absolute atomic E-state index is 0.0939. The van der Waals surface area contributed by atoms with E-state index in [-0.39, 0.29) is 33.9 Å². The minimum Gasteiger partial charge on any atom is -0.494 e. The van der Waals surface area contributed by atoms with Crippen molar-refractivity contribution >= 4 is 39.1 Å². The maximum Gasteiger partial charge on any atom is 0.261 e. The van der Waals surface area contributed by atoms with E-state index in [4.69, 9.17) is 4.74 Å². The largest absolute Gasteiger partial charge is 0.494 e. The van der Waals surface area contributed by atoms with Gasteiger partial charge in [0.2, 0.25) is 10.0 Å². The smallest absolute Gasteiger partial charge is 0.261 e. The highest BCUT2D eigenvalue weighted by atomic mass is 32.2. The molecule has 0 unspecified atom stereocenters. The van der Waals surface area contributed by atoms with E-state index in [9.17, 15) is 22.8 Å². The second-order valence-electron chi connectivity index (χ2n) is 6.30. The topological polar surface area (TPSA) is 122 Å². The average Bonchev–Trinajstić information content (AvgIpc) is 2.92. The first-order valence-electron chi connectivity index (χ1n) is 8.63. The van der Waals surface area contributed by atoms with Gasteiger partial charge in [-0.15, -0.1) is 0 Å². The van der Waals surface area contributed by atoms with Crippen molar-refractivity contribution in [2.45, 2.75) is 6.92 Å². The fourth-order valence-electron chi connectivity index (χ4n) is 2.80. The molecule has 3 amide bonds. The molecule has 0 aliphatic carbocycles. The van der Waals surface area contributed by atoms with Crippen LogP contribution in [0.4, 0.5) is 11.4 Å². The molecule has 3 rings (SSSR count). The van der Waals surface area contributed by atoms with E-state index < -0.39 is 27.7 Å². The molecule has 0 spiro atoms. The molecular formula is C19H19N3O6S. The molecule has 29 heavy (non-hydrogen) atoms. The second-order valence-corrected chi connectivity index (χ2v) is 8.32. The molecule has 0 aromatic heterocycles. The number of hydrogen-bond acceptors (Lipinski definition) is 6. The number of rotatable bonds is 6. The molecule has 0 saturated carbocycles. The predicted molar refractivity (Wildman–Crippen MR) is 107 cm³/mol. The van der Waals surface area contributed by atoms with Crippen LogP contribution in [0.15, 0.2) is 36.4 Å². The Hall–Kier alpha value is -3.40. The van der Waals surface area contributed by atoms with E-state index in [0.717, 1.165) is 4.90 Å². The van der Waals surface area contributed by atoms with Crippen molar-refractivity contribution in [3.63, 3.8) is 0 Å². The summed E-state index contributed by atoms with van der Waals surface area (Å²) in [7, 11) is -0.726. The zero-order chi connectivity index (χ0) is 21.3. The molecule has 0 fully saturated rings. The van der Waals surface area contributed by atoms with Gasteiger partial charge in [-0.1, -0.05) is 0 Å². The van der Waals surface area contributed by atoms with Crippen LogP contribution in [0.1, 0.15) is 38.0 Å². The number of sulfonamides is 1. The first-order valence-corrected chi connectivity index (χ1v) is 10.3. The summed E-state index contributed by atoms with van der Waals surface area (Å²) < 4.78 is 31.1. The third-order valence-corrected chi connectivity index (χ3v) is 5.75. The van der Waals surface area contributed by atoms with Crippen molar-refractivity contribution in [1.82, 2.24) is 4.90 Å². The third kappa shape index (κ3) is 3.92. The molecule has 10 heteroatoms. The molecule has 0 bridgehead atoms. The summed E-state index contributed by atoms with van der Waals surface area (Å²) in [6.45, 7) is 1.51. The number of hydrogen-bond donors (Lipinski definition) is 2. The Bertz CT molecular complexity index is 1130. The Morgan fingerprint density at radius 3 is 2.41 bits per heavy atom. The van der Waals surface area contributed by atoms with E-state index in [1.54, 1.807) is 0 Å². The van der Waals surface area contributed by atoms with Crippen LogP contribution in [0.2, 0.25) is 0 Å². The summed E-state index contributed by atoms with van der Waals surface area (Å²) in [6, 6.07) is 8.73. The van der Waals surface area contributed by atoms with Crippen molar-refractivity contribution in [1.29, 1.82) is 0 Å². The van der Waals surface area contributed by atoms with Gasteiger partial charge in [0.15, 0.2) is 0 Å². The van der Waals surface area contributed by atoms with E-state index in [2.05, 4.69) is 10.0 Å². The number of ether oxygens (including phenoxy) is 1. The number of imide groups is 1. The van der Waals surface area contributed by atoms with E-state index in [1.807, 2.05) is 0 Å². The van der Waals surface area contributed by atoms with Gasteiger partial charge in [0.1, 0.15) is 5.75 Å². The number of anilines is 2. The Balaban J connectivity index is 1.83. The second kappa shape index (κ2) is 7.55. The number of carbonyl (C=O) groups excluding carboxylic acids is 3. The summed E-state index contributed by atoms with van der Waals surface area (Å²) in [5.74, 6) is -1.23. The molecule has 1 heterocycles. The van der Waals surface area contributed by atoms with Gasteiger partial charge < -0.3 is 10.1 Å². The predicted octanol–water partition coefficient (Wildman–Crippen LogP) is 1.93. The third-order valence-electron chi connectivity index (χ3n) is 4.46. The van der Waals surface area contributed by atoms with Crippen molar-refractivity contribution in [3.8, 4) is 5.75 Å². The van der Waals surface area contributed by atoms with Gasteiger partial charge in [-0.2, -0.15) is 0 Å². The van der Waals surface area contributed by atoms with Gasteiger partial charge >= 0.3 is 0 Å². The summed E-state index contributed by atoms with van der Waals surface area (Å²) in [6.07, 6.45) is 0. The van der Waals surface area contributed by atoms with Gasteiger partial charge in [0.05, 0.1) is 29.7 Å². The van der Waals surface area contributed by atoms with Gasteiger partial charge in [0.25, 0.3) is 17.7 Å². The van der Waals surface area contributed by atoms with Gasteiger partial charge in [-0.25, -0.2) is 8.42 Å². The maximum absolute atomic E-state index is 12.6. The number of nitrogens with zero attached hydrogens (tertiary/aromatic N) is 1. The quantitative estimate of drug-likeness (QED) is 0.693. The summed E-state index contributed by atoms with van der Waals surface area (Å²) >= 11 is 0. The maximum atomic E-state index is 12.6. The zero-order valence-electron chi connectivity index (χ0n) is 16.0. The van der Waals surface area contributed by atoms with Crippen LogP contribution in [-0.4, -0.2) is 50.9 Å². The first-order chi connectivity index (χ1) is 13.7. The molecular weight excluding hydrogens is 398 g/mol. The lowest BCUT2D eigenvalue weighted by molar-refractivity contribution is 0.0693. The standard InChI is InChI=1S/C19H19N3O6S/c1-4-29(26,27)21-15-8-6-12(10-16(15)28-3)20-17(23)11-5-7-13-14(9-11)19(25)22(2)18(13)24/h5-10,21H,4H2,1-3H3,(H,20,23). The summed E-state index contributed by atoms with van der Waals surface area (Å²) in [4.78, 5) is 37.6. The van der Waals surface area contributed by atoms with Crippen LogP contribution in [0.25, 0.3) is 0 Å². The van der Waals surface area contributed by atoms with Crippen molar-refractivity contribution in [3.05, 3.63) is 53.1 Å². The monoisotopic (exact) mass is 417 g/mol. The van der Waals surface area contributed by atoms with Crippen molar-refractivity contribution in [2.24, 2.45) is 0 Å². The average molecular weight is 417 g/mol. The molecule has 2 aromatic rings. The fraction of sp³-hybridized carbons (Fsp3) is 0.211. The highest BCUT2D eigenvalue weighted by Crippen LogP contribution is 2.29. The number of nitrogens with one attached hydrogen (secondary N) is 2. The van der Waals surface area contributed by atoms with Gasteiger partial charge in [-0.05, 0) is 37.3 Å². The van der Waals surface area contributed by atoms with Crippen LogP contribution in [0.3, 0.4) is 0 Å². The summed E-state index contributed by atoms with van der Waals surface area (Å²) in [5, 5.41) is 2.66. The van der Waals surface area contributed by atoms with Crippen LogP contribution < -0.4 is 14.8 Å². The van der Waals surface area contributed by atoms with Crippen LogP contribution in [-0.2, 0) is 10.0 Å². The van der Waals surface area contributed by atoms with E-state index in [0.29, 0.717) is 5.69 Å². The minimum atomic E-state index is -3.48. The molecule has 1 aliphatic rings. The molecule has 0 saturated heterocycles. The van der Waals surface area contributed by atoms with E-state index >= 15 is 0 Å². The van der Waals surface area contributed by atoms with Crippen LogP contribution in [0.5, 0.6) is 5.75 Å². The van der Waals surface area contributed by atoms with Gasteiger partial charge in [0, 0.05) is 24.4 Å². The molecule has 0 atom stereocenters. The normalized spacial score (nSPS) is 13.3. The van der Waals surface area contributed by atoms with E-state index in [1.165, 1.54) is 57.5 Å². The molecule has 1 aliphatic heterocycles. The van der Waals surface area contributed by atoms with Gasteiger partial charge in [-0.3, -0.25) is 24.0 Å². The summed E-state index contributed by atoms with van der Waals surface area (Å²) in [5.41, 5.74) is 1.24. The SMILES string of the molecule is CCS(=O)(=O)Nc1ccc(NC(=O)c2ccc3c(c2)C(=O)N(C)C3=O)cc1OC. The fourth-order valence-corrected chi connectivity index (χ4v) is 3.45. The Morgan fingerprint density at radius 1 is 1.07 bits per heavy atom. The Kier molecular flexibility index (Phi) is 5.29. The Labute approximate surface area is 167 Å². The van der Waals surface area contributed by atoms with Crippen molar-refractivity contribution < 1.29 is 27.5 Å².